The third-order valence-corrected chi connectivity index (χ3v) is 4.80. The largest absolute Gasteiger partial charge is 0.497 e. The third-order valence-electron chi connectivity index (χ3n) is 3.49. The van der Waals surface area contributed by atoms with Gasteiger partial charge in [-0.2, -0.15) is 5.10 Å². The van der Waals surface area contributed by atoms with Crippen LogP contribution in [0.1, 0.15) is 5.56 Å². The molecule has 0 radical (unpaired) electrons. The third kappa shape index (κ3) is 4.27. The van der Waals surface area contributed by atoms with Crippen LogP contribution in [0.15, 0.2) is 46.9 Å². The van der Waals surface area contributed by atoms with E-state index in [-0.39, 0.29) is 0 Å². The molecule has 0 fully saturated rings. The number of anilines is 1. The molecule has 1 heterocycles. The number of hydrogen-bond donors (Lipinski definition) is 1. The van der Waals surface area contributed by atoms with Crippen molar-refractivity contribution in [3.63, 3.8) is 0 Å². The van der Waals surface area contributed by atoms with Gasteiger partial charge in [0.1, 0.15) is 5.75 Å². The van der Waals surface area contributed by atoms with Crippen molar-refractivity contribution in [2.75, 3.05) is 19.6 Å². The number of nitrogens with one attached hydrogen (secondary N) is 1. The van der Waals surface area contributed by atoms with Gasteiger partial charge < -0.3 is 9.47 Å². The molecule has 8 heteroatoms. The average molecular weight is 408 g/mol. The number of thiazole rings is 1. The van der Waals surface area contributed by atoms with Crippen LogP contribution in [0.25, 0.3) is 11.3 Å². The van der Waals surface area contributed by atoms with Crippen molar-refractivity contribution in [3.8, 4) is 22.8 Å². The summed E-state index contributed by atoms with van der Waals surface area (Å²) in [6, 6.07) is 11.2. The minimum atomic E-state index is 0.428. The normalized spacial score (nSPS) is 10.9. The first-order valence-electron chi connectivity index (χ1n) is 7.52. The molecule has 1 N–H and O–H groups in total. The summed E-state index contributed by atoms with van der Waals surface area (Å²) in [5.41, 5.74) is 5.53. The maximum absolute atomic E-state index is 6.11. The minimum absolute atomic E-state index is 0.428. The molecule has 1 aromatic heterocycles. The molecular formula is C18H15Cl2N3O2S. The highest BCUT2D eigenvalue weighted by Crippen LogP contribution is 2.33. The second kappa shape index (κ2) is 8.40. The summed E-state index contributed by atoms with van der Waals surface area (Å²) < 4.78 is 10.3. The van der Waals surface area contributed by atoms with Crippen LogP contribution in [-0.4, -0.2) is 25.4 Å². The fourth-order valence-electron chi connectivity index (χ4n) is 2.23. The molecule has 3 aromatic rings. The van der Waals surface area contributed by atoms with Crippen LogP contribution < -0.4 is 14.9 Å². The molecule has 0 saturated carbocycles. The summed E-state index contributed by atoms with van der Waals surface area (Å²) in [6.45, 7) is 0. The number of hydrazone groups is 1. The van der Waals surface area contributed by atoms with Crippen molar-refractivity contribution >= 4 is 45.9 Å². The van der Waals surface area contributed by atoms with Crippen LogP contribution in [0, 0.1) is 0 Å². The highest BCUT2D eigenvalue weighted by molar-refractivity contribution is 7.14. The maximum atomic E-state index is 6.11. The Morgan fingerprint density at radius 2 is 1.77 bits per heavy atom. The van der Waals surface area contributed by atoms with E-state index >= 15 is 0 Å². The summed E-state index contributed by atoms with van der Waals surface area (Å²) in [5.74, 6) is 1.26. The van der Waals surface area contributed by atoms with E-state index < -0.39 is 0 Å². The van der Waals surface area contributed by atoms with Gasteiger partial charge in [-0.25, -0.2) is 4.98 Å². The van der Waals surface area contributed by atoms with Gasteiger partial charge in [0, 0.05) is 10.9 Å². The monoisotopic (exact) mass is 407 g/mol. The Morgan fingerprint density at radius 1 is 1.08 bits per heavy atom. The molecule has 3 rings (SSSR count). The van der Waals surface area contributed by atoms with Crippen LogP contribution in [0.3, 0.4) is 0 Å². The van der Waals surface area contributed by atoms with Crippen molar-refractivity contribution in [1.82, 2.24) is 4.98 Å². The van der Waals surface area contributed by atoms with Crippen LogP contribution in [0.2, 0.25) is 10.0 Å². The van der Waals surface area contributed by atoms with Crippen LogP contribution >= 0.6 is 34.5 Å². The van der Waals surface area contributed by atoms with Crippen molar-refractivity contribution in [2.24, 2.45) is 5.10 Å². The fraction of sp³-hybridized carbons (Fsp3) is 0.111. The Hall–Kier alpha value is -2.28. The molecule has 134 valence electrons. The van der Waals surface area contributed by atoms with Gasteiger partial charge in [-0.3, -0.25) is 5.43 Å². The Labute approximate surface area is 165 Å². The fourth-order valence-corrected chi connectivity index (χ4v) is 3.56. The summed E-state index contributed by atoms with van der Waals surface area (Å²) >= 11 is 13.7. The number of benzene rings is 2. The summed E-state index contributed by atoms with van der Waals surface area (Å²) in [4.78, 5) is 4.51. The second-order valence-corrected chi connectivity index (χ2v) is 6.83. The smallest absolute Gasteiger partial charge is 0.203 e. The first-order valence-corrected chi connectivity index (χ1v) is 9.16. The van der Waals surface area contributed by atoms with E-state index in [9.17, 15) is 0 Å². The van der Waals surface area contributed by atoms with E-state index in [0.717, 1.165) is 22.6 Å². The lowest BCUT2D eigenvalue weighted by Crippen LogP contribution is -1.92. The molecular weight excluding hydrogens is 393 g/mol. The molecule has 0 bridgehead atoms. The van der Waals surface area contributed by atoms with E-state index in [4.69, 9.17) is 32.7 Å². The lowest BCUT2D eigenvalue weighted by molar-refractivity contribution is 0.415. The number of hydrogen-bond acceptors (Lipinski definition) is 6. The van der Waals surface area contributed by atoms with E-state index in [0.29, 0.717) is 20.9 Å². The van der Waals surface area contributed by atoms with Gasteiger partial charge in [0.15, 0.2) is 5.75 Å². The zero-order chi connectivity index (χ0) is 18.5. The number of nitrogens with zero attached hydrogens (tertiary/aromatic N) is 2. The lowest BCUT2D eigenvalue weighted by Gasteiger charge is -2.06. The van der Waals surface area contributed by atoms with Gasteiger partial charge in [-0.1, -0.05) is 23.2 Å². The average Bonchev–Trinajstić information content (AvgIpc) is 3.10. The predicted molar refractivity (Wildman–Crippen MR) is 108 cm³/mol. The quantitative estimate of drug-likeness (QED) is 0.427. The van der Waals surface area contributed by atoms with Crippen LogP contribution in [0.4, 0.5) is 5.13 Å². The highest BCUT2D eigenvalue weighted by Gasteiger charge is 2.08. The number of ether oxygens (including phenoxy) is 2. The van der Waals surface area contributed by atoms with E-state index in [1.807, 2.05) is 29.6 Å². The first-order chi connectivity index (χ1) is 12.6. The Kier molecular flexibility index (Phi) is 5.98. The SMILES string of the molecule is COc1ccc(-c2csc(N/N=C\c3cc(Cl)c(OC)c(Cl)c3)n2)cc1. The molecule has 5 nitrogen and oxygen atoms in total. The van der Waals surface area contributed by atoms with Crippen molar-refractivity contribution in [1.29, 1.82) is 0 Å². The van der Waals surface area contributed by atoms with Gasteiger partial charge in [0.2, 0.25) is 5.13 Å². The zero-order valence-electron chi connectivity index (χ0n) is 14.0. The number of aromatic nitrogens is 1. The lowest BCUT2D eigenvalue weighted by atomic mass is 10.2. The standard InChI is InChI=1S/C18H15Cl2N3O2S/c1-24-13-5-3-12(4-6-13)16-10-26-18(22-16)23-21-9-11-7-14(19)17(25-2)15(20)8-11/h3-10H,1-2H3,(H,22,23)/b21-9-. The molecule has 2 aromatic carbocycles. The molecule has 0 unspecified atom stereocenters. The summed E-state index contributed by atoms with van der Waals surface area (Å²) in [5, 5.41) is 7.67. The number of methoxy groups -OCH3 is 2. The zero-order valence-corrected chi connectivity index (χ0v) is 16.3. The van der Waals surface area contributed by atoms with Gasteiger partial charge in [0.25, 0.3) is 0 Å². The Balaban J connectivity index is 1.68. The molecule has 0 atom stereocenters. The Bertz CT molecular complexity index is 903. The van der Waals surface area contributed by atoms with Crippen LogP contribution in [-0.2, 0) is 0 Å². The topological polar surface area (TPSA) is 55.7 Å². The van der Waals surface area contributed by atoms with Gasteiger partial charge in [-0.05, 0) is 42.0 Å². The van der Waals surface area contributed by atoms with Gasteiger partial charge >= 0.3 is 0 Å². The molecule has 0 aliphatic rings. The first kappa shape index (κ1) is 18.5. The molecule has 26 heavy (non-hydrogen) atoms. The van der Waals surface area contributed by atoms with E-state index in [1.165, 1.54) is 18.4 Å². The summed E-state index contributed by atoms with van der Waals surface area (Å²) in [6.07, 6.45) is 1.62. The molecule has 0 spiro atoms. The van der Waals surface area contributed by atoms with Crippen molar-refractivity contribution in [3.05, 3.63) is 57.4 Å². The molecule has 0 aliphatic carbocycles. The number of rotatable bonds is 6. The summed E-state index contributed by atoms with van der Waals surface area (Å²) in [7, 11) is 3.16. The predicted octanol–water partition coefficient (Wildman–Crippen LogP) is 5.58. The van der Waals surface area contributed by atoms with Crippen molar-refractivity contribution in [2.45, 2.75) is 0 Å². The van der Waals surface area contributed by atoms with Gasteiger partial charge in [-0.15, -0.1) is 11.3 Å². The Morgan fingerprint density at radius 3 is 2.38 bits per heavy atom. The van der Waals surface area contributed by atoms with Crippen LogP contribution in [0.5, 0.6) is 11.5 Å². The highest BCUT2D eigenvalue weighted by atomic mass is 35.5. The van der Waals surface area contributed by atoms with E-state index in [2.05, 4.69) is 15.5 Å². The molecule has 0 amide bonds. The second-order valence-electron chi connectivity index (χ2n) is 5.15. The van der Waals surface area contributed by atoms with Gasteiger partial charge in [0.05, 0.1) is 36.2 Å². The van der Waals surface area contributed by atoms with E-state index in [1.54, 1.807) is 25.5 Å². The van der Waals surface area contributed by atoms with Crippen molar-refractivity contribution < 1.29 is 9.47 Å². The molecule has 0 aliphatic heterocycles. The number of halogens is 2. The molecule has 0 saturated heterocycles. The minimum Gasteiger partial charge on any atom is -0.497 e. The maximum Gasteiger partial charge on any atom is 0.203 e.